The van der Waals surface area contributed by atoms with Crippen LogP contribution in [-0.4, -0.2) is 75.3 Å². The number of allylic oxidation sites excluding steroid dienone is 7. The smallest absolute Gasteiger partial charge is 0.306 e. The van der Waals surface area contributed by atoms with Gasteiger partial charge in [0.15, 0.2) is 11.6 Å². The summed E-state index contributed by atoms with van der Waals surface area (Å²) in [6, 6.07) is 3.50. The minimum Gasteiger partial charge on any atom is -0.467 e. The van der Waals surface area contributed by atoms with Crippen LogP contribution in [-0.2, 0) is 38.2 Å². The highest BCUT2D eigenvalue weighted by Crippen LogP contribution is 2.20. The van der Waals surface area contributed by atoms with Gasteiger partial charge in [0.2, 0.25) is 0 Å². The van der Waals surface area contributed by atoms with Gasteiger partial charge < -0.3 is 33.9 Å². The molecule has 2 aliphatic rings. The van der Waals surface area contributed by atoms with Crippen molar-refractivity contribution < 1.29 is 57.9 Å². The van der Waals surface area contributed by atoms with E-state index >= 15 is 0 Å². The number of furan rings is 1. The Labute approximate surface area is 338 Å². The molecule has 12 nitrogen and oxygen atoms in total. The number of carbonyl (C=O) groups is 5. The molecule has 12 heteroatoms. The monoisotopic (exact) mass is 798 g/mol. The van der Waals surface area contributed by atoms with E-state index in [0.29, 0.717) is 49.9 Å². The average molecular weight is 799 g/mol. The van der Waals surface area contributed by atoms with Gasteiger partial charge in [-0.3, -0.25) is 24.0 Å². The molecule has 4 unspecified atom stereocenters. The van der Waals surface area contributed by atoms with E-state index in [1.54, 1.807) is 24.5 Å². The highest BCUT2D eigenvalue weighted by molar-refractivity contribution is 5.98. The van der Waals surface area contributed by atoms with Crippen molar-refractivity contribution >= 4 is 29.5 Å². The minimum absolute atomic E-state index is 0.0161. The van der Waals surface area contributed by atoms with Crippen LogP contribution in [0.25, 0.3) is 0 Å². The average Bonchev–Trinajstić information content (AvgIpc) is 3.86. The van der Waals surface area contributed by atoms with Gasteiger partial charge in [-0.1, -0.05) is 42.5 Å². The number of carbonyl (C=O) groups excluding carboxylic acids is 5. The maximum atomic E-state index is 11.4. The van der Waals surface area contributed by atoms with Gasteiger partial charge in [0, 0.05) is 25.7 Å². The van der Waals surface area contributed by atoms with Crippen molar-refractivity contribution in [2.24, 2.45) is 5.92 Å². The second-order valence-corrected chi connectivity index (χ2v) is 14.7. The van der Waals surface area contributed by atoms with Gasteiger partial charge in [0.1, 0.15) is 11.9 Å². The van der Waals surface area contributed by atoms with Crippen molar-refractivity contribution in [1.29, 1.82) is 0 Å². The van der Waals surface area contributed by atoms with Gasteiger partial charge in [-0.15, -0.1) is 0 Å². The van der Waals surface area contributed by atoms with E-state index in [2.05, 4.69) is 0 Å². The van der Waals surface area contributed by atoms with Crippen LogP contribution in [0, 0.1) is 5.92 Å². The third-order valence-electron chi connectivity index (χ3n) is 8.20. The fraction of sp³-hybridized carbons (Fsp3) is 0.578. The Bertz CT molecular complexity index is 1480. The number of ether oxygens (including phenoxy) is 3. The maximum absolute atomic E-state index is 11.4. The Balaban J connectivity index is 0.000000427. The molecule has 1 aromatic heterocycles. The summed E-state index contributed by atoms with van der Waals surface area (Å²) in [7, 11) is 0. The predicted molar refractivity (Wildman–Crippen MR) is 218 cm³/mol. The van der Waals surface area contributed by atoms with Crippen LogP contribution in [0.5, 0.6) is 0 Å². The molecular formula is C45H66O12. The van der Waals surface area contributed by atoms with Gasteiger partial charge in [-0.2, -0.15) is 0 Å². The first kappa shape index (κ1) is 50.6. The zero-order valence-corrected chi connectivity index (χ0v) is 34.7. The summed E-state index contributed by atoms with van der Waals surface area (Å²) in [5.74, 6) is -0.240. The summed E-state index contributed by atoms with van der Waals surface area (Å²) in [4.78, 5) is 56.5. The molecule has 0 aliphatic heterocycles. The Hall–Kier alpha value is -4.39. The Morgan fingerprint density at radius 3 is 1.70 bits per heavy atom. The first-order valence-electron chi connectivity index (χ1n) is 20.2. The number of Topliss-reactive ketones (excluding diaryl/α,β-unsaturated/α-hetero) is 1. The highest BCUT2D eigenvalue weighted by atomic mass is 16.5. The van der Waals surface area contributed by atoms with Crippen molar-refractivity contribution in [3.05, 3.63) is 84.4 Å². The van der Waals surface area contributed by atoms with Crippen LogP contribution < -0.4 is 0 Å². The van der Waals surface area contributed by atoms with E-state index in [9.17, 15) is 39.3 Å². The Morgan fingerprint density at radius 2 is 1.28 bits per heavy atom. The number of hydrogen-bond acceptors (Lipinski definition) is 12. The molecule has 1 aromatic rings. The lowest BCUT2D eigenvalue weighted by atomic mass is 9.99. The predicted octanol–water partition coefficient (Wildman–Crippen LogP) is 7.87. The number of esters is 3. The molecule has 2 aliphatic carbocycles. The fourth-order valence-electron chi connectivity index (χ4n) is 5.45. The Kier molecular flexibility index (Phi) is 26.5. The maximum Gasteiger partial charge on any atom is 0.306 e. The first-order chi connectivity index (χ1) is 27.1. The standard InChI is InChI=1S/3C15H22O4/c1-12(2)19-15(17)10-6-4-3-5-8-13(16)14-9-7-11-18-14;1-11(2)19-15(18)8-6-4-3-5-7-12-9-13(16)10-14(12)17;1-11(2)19-15(18)8-6-4-3-5-7-12-13(16)9-10-14(12)17/h3,5,7,9,11-13,16H,4,6,8,10H2,1-2H3;3,5,9,11,13,16H,4,6-8,10H2,1-2H3;3,5,9-13,16H,4,6-8H2,1-2H3/b3*5-3-. The summed E-state index contributed by atoms with van der Waals surface area (Å²) in [6.07, 6.45) is 23.4. The van der Waals surface area contributed by atoms with Gasteiger partial charge in [-0.05, 0) is 129 Å². The third kappa shape index (κ3) is 25.5. The van der Waals surface area contributed by atoms with E-state index in [4.69, 9.17) is 18.6 Å². The fourth-order valence-corrected chi connectivity index (χ4v) is 5.45. The van der Waals surface area contributed by atoms with Gasteiger partial charge in [0.25, 0.3) is 0 Å². The van der Waals surface area contributed by atoms with Crippen LogP contribution >= 0.6 is 0 Å². The molecule has 0 bridgehead atoms. The molecule has 4 atom stereocenters. The van der Waals surface area contributed by atoms with Crippen molar-refractivity contribution in [2.75, 3.05) is 0 Å². The lowest BCUT2D eigenvalue weighted by molar-refractivity contribution is -0.148. The lowest BCUT2D eigenvalue weighted by Crippen LogP contribution is -2.18. The van der Waals surface area contributed by atoms with Crippen LogP contribution in [0.3, 0.4) is 0 Å². The van der Waals surface area contributed by atoms with Crippen LogP contribution in [0.15, 0.2) is 83.1 Å². The van der Waals surface area contributed by atoms with E-state index in [0.717, 1.165) is 38.5 Å². The first-order valence-corrected chi connectivity index (χ1v) is 20.2. The van der Waals surface area contributed by atoms with Gasteiger partial charge in [-0.25, -0.2) is 0 Å². The molecule has 0 aromatic carbocycles. The molecule has 57 heavy (non-hydrogen) atoms. The molecule has 0 amide bonds. The topological polar surface area (TPSA) is 187 Å². The molecule has 318 valence electrons. The molecule has 0 radical (unpaired) electrons. The normalized spacial score (nSPS) is 18.3. The van der Waals surface area contributed by atoms with Crippen molar-refractivity contribution in [2.45, 2.75) is 162 Å². The van der Waals surface area contributed by atoms with Crippen LogP contribution in [0.4, 0.5) is 0 Å². The summed E-state index contributed by atoms with van der Waals surface area (Å²) in [6.45, 7) is 11.0. The molecule has 0 spiro atoms. The quantitative estimate of drug-likeness (QED) is 0.0447. The zero-order chi connectivity index (χ0) is 42.6. The van der Waals surface area contributed by atoms with Gasteiger partial charge >= 0.3 is 17.9 Å². The van der Waals surface area contributed by atoms with E-state index < -0.39 is 18.3 Å². The highest BCUT2D eigenvalue weighted by Gasteiger charge is 2.27. The van der Waals surface area contributed by atoms with Crippen molar-refractivity contribution in [3.8, 4) is 0 Å². The van der Waals surface area contributed by atoms with Crippen LogP contribution in [0.2, 0.25) is 0 Å². The number of aliphatic hydroxyl groups is 3. The molecule has 0 saturated heterocycles. The van der Waals surface area contributed by atoms with Crippen molar-refractivity contribution in [1.82, 2.24) is 0 Å². The number of ketones is 2. The minimum atomic E-state index is -0.654. The summed E-state index contributed by atoms with van der Waals surface area (Å²) < 4.78 is 20.2. The summed E-state index contributed by atoms with van der Waals surface area (Å²) in [5.41, 5.74) is 0.683. The number of hydrogen-bond donors (Lipinski definition) is 3. The van der Waals surface area contributed by atoms with Crippen LogP contribution in [0.1, 0.15) is 137 Å². The SMILES string of the molecule is CC(C)OC(=O)CCC/C=C\CC(O)c1ccco1.CC(C)OC(=O)CCC/C=C\CC1=CC(O)CC1=O.CC(C)OC(=O)CCC/C=C\CC1C(=O)C=CC1O. The summed E-state index contributed by atoms with van der Waals surface area (Å²) in [5, 5.41) is 28.5. The van der Waals surface area contributed by atoms with Gasteiger partial charge in [0.05, 0.1) is 42.7 Å². The third-order valence-corrected chi connectivity index (χ3v) is 8.20. The molecule has 3 N–H and O–H groups in total. The molecule has 3 rings (SSSR count). The molecule has 1 heterocycles. The lowest BCUT2D eigenvalue weighted by Gasteiger charge is -2.09. The molecule has 0 saturated carbocycles. The number of unbranched alkanes of at least 4 members (excludes halogenated alkanes) is 3. The van der Waals surface area contributed by atoms with Crippen molar-refractivity contribution in [3.63, 3.8) is 0 Å². The number of aliphatic hydroxyl groups excluding tert-OH is 3. The van der Waals surface area contributed by atoms with E-state index in [1.165, 1.54) is 12.2 Å². The second kappa shape index (κ2) is 29.8. The largest absolute Gasteiger partial charge is 0.467 e. The second-order valence-electron chi connectivity index (χ2n) is 14.7. The molecule has 0 fully saturated rings. The Morgan fingerprint density at radius 1 is 0.772 bits per heavy atom. The van der Waals surface area contributed by atoms with E-state index in [-0.39, 0.29) is 60.1 Å². The molecular weight excluding hydrogens is 732 g/mol. The summed E-state index contributed by atoms with van der Waals surface area (Å²) >= 11 is 0. The number of rotatable bonds is 22. The zero-order valence-electron chi connectivity index (χ0n) is 34.7. The van der Waals surface area contributed by atoms with E-state index in [1.807, 2.05) is 78.0 Å².